The summed E-state index contributed by atoms with van der Waals surface area (Å²) in [4.78, 5) is 4.37. The molecule has 1 aromatic heterocycles. The first kappa shape index (κ1) is 12.8. The SMILES string of the molecule is CCC(C)(CCO)Nc1ccc(N)c(C)n1. The average molecular weight is 223 g/mol. The number of aromatic nitrogens is 1. The van der Waals surface area contributed by atoms with Crippen molar-refractivity contribution < 1.29 is 5.11 Å². The van der Waals surface area contributed by atoms with Crippen LogP contribution in [0.2, 0.25) is 0 Å². The maximum atomic E-state index is 9.03. The molecule has 0 fully saturated rings. The van der Waals surface area contributed by atoms with Gasteiger partial charge in [-0.15, -0.1) is 0 Å². The first-order valence-electron chi connectivity index (χ1n) is 5.63. The van der Waals surface area contributed by atoms with Gasteiger partial charge in [-0.3, -0.25) is 0 Å². The summed E-state index contributed by atoms with van der Waals surface area (Å²) in [7, 11) is 0. The lowest BCUT2D eigenvalue weighted by molar-refractivity contribution is 0.252. The molecule has 1 atom stereocenters. The fourth-order valence-corrected chi connectivity index (χ4v) is 1.53. The zero-order valence-corrected chi connectivity index (χ0v) is 10.2. The lowest BCUT2D eigenvalue weighted by Gasteiger charge is -2.29. The Hall–Kier alpha value is -1.29. The molecule has 0 aromatic carbocycles. The second kappa shape index (κ2) is 5.16. The van der Waals surface area contributed by atoms with E-state index in [0.29, 0.717) is 12.1 Å². The zero-order chi connectivity index (χ0) is 12.2. The van der Waals surface area contributed by atoms with Gasteiger partial charge >= 0.3 is 0 Å². The van der Waals surface area contributed by atoms with Gasteiger partial charge in [0.2, 0.25) is 0 Å². The third-order valence-electron chi connectivity index (χ3n) is 3.00. The molecule has 0 saturated heterocycles. The van der Waals surface area contributed by atoms with Crippen LogP contribution < -0.4 is 11.1 Å². The summed E-state index contributed by atoms with van der Waals surface area (Å²) in [6, 6.07) is 3.72. The van der Waals surface area contributed by atoms with Crippen molar-refractivity contribution >= 4 is 11.5 Å². The Morgan fingerprint density at radius 2 is 2.19 bits per heavy atom. The molecule has 1 aromatic rings. The van der Waals surface area contributed by atoms with Crippen LogP contribution in [0.3, 0.4) is 0 Å². The maximum Gasteiger partial charge on any atom is 0.126 e. The van der Waals surface area contributed by atoms with Crippen molar-refractivity contribution in [3.63, 3.8) is 0 Å². The van der Waals surface area contributed by atoms with Crippen molar-refractivity contribution in [3.05, 3.63) is 17.8 Å². The first-order chi connectivity index (χ1) is 7.50. The van der Waals surface area contributed by atoms with E-state index in [2.05, 4.69) is 24.1 Å². The second-order valence-corrected chi connectivity index (χ2v) is 4.38. The Labute approximate surface area is 96.9 Å². The monoisotopic (exact) mass is 223 g/mol. The van der Waals surface area contributed by atoms with E-state index in [9.17, 15) is 0 Å². The highest BCUT2D eigenvalue weighted by Gasteiger charge is 2.21. The van der Waals surface area contributed by atoms with E-state index in [1.807, 2.05) is 19.1 Å². The molecule has 0 radical (unpaired) electrons. The van der Waals surface area contributed by atoms with Crippen molar-refractivity contribution in [2.24, 2.45) is 0 Å². The van der Waals surface area contributed by atoms with Crippen LogP contribution in [0.25, 0.3) is 0 Å². The molecular weight excluding hydrogens is 202 g/mol. The van der Waals surface area contributed by atoms with Gasteiger partial charge in [0.1, 0.15) is 5.82 Å². The van der Waals surface area contributed by atoms with Gasteiger partial charge in [0.15, 0.2) is 0 Å². The van der Waals surface area contributed by atoms with E-state index in [1.165, 1.54) is 0 Å². The molecule has 0 aliphatic rings. The highest BCUT2D eigenvalue weighted by atomic mass is 16.3. The van der Waals surface area contributed by atoms with E-state index < -0.39 is 0 Å². The first-order valence-corrected chi connectivity index (χ1v) is 5.63. The molecular formula is C12H21N3O. The van der Waals surface area contributed by atoms with Crippen molar-refractivity contribution in [1.82, 2.24) is 4.98 Å². The van der Waals surface area contributed by atoms with E-state index >= 15 is 0 Å². The fourth-order valence-electron chi connectivity index (χ4n) is 1.53. The van der Waals surface area contributed by atoms with E-state index in [-0.39, 0.29) is 12.1 Å². The van der Waals surface area contributed by atoms with Gasteiger partial charge in [-0.05, 0) is 38.8 Å². The fraction of sp³-hybridized carbons (Fsp3) is 0.583. The standard InChI is InChI=1S/C12H21N3O/c1-4-12(3,7-8-16)15-11-6-5-10(13)9(2)14-11/h5-6,16H,4,7-8,13H2,1-3H3,(H,14,15). The minimum absolute atomic E-state index is 0.121. The van der Waals surface area contributed by atoms with Crippen LogP contribution in [0.15, 0.2) is 12.1 Å². The molecule has 90 valence electrons. The summed E-state index contributed by atoms with van der Waals surface area (Å²) in [5.74, 6) is 0.810. The van der Waals surface area contributed by atoms with Crippen molar-refractivity contribution in [2.45, 2.75) is 39.2 Å². The number of aryl methyl sites for hydroxylation is 1. The zero-order valence-electron chi connectivity index (χ0n) is 10.2. The molecule has 1 unspecified atom stereocenters. The van der Waals surface area contributed by atoms with Gasteiger partial charge < -0.3 is 16.2 Å². The lowest BCUT2D eigenvalue weighted by atomic mass is 9.95. The predicted octanol–water partition coefficient (Wildman–Crippen LogP) is 1.94. The number of nitrogens with one attached hydrogen (secondary N) is 1. The molecule has 0 amide bonds. The van der Waals surface area contributed by atoms with Crippen LogP contribution in [0.4, 0.5) is 11.5 Å². The Morgan fingerprint density at radius 1 is 1.50 bits per heavy atom. The van der Waals surface area contributed by atoms with Crippen molar-refractivity contribution in [1.29, 1.82) is 0 Å². The van der Waals surface area contributed by atoms with Crippen molar-refractivity contribution in [3.8, 4) is 0 Å². The van der Waals surface area contributed by atoms with Crippen molar-refractivity contribution in [2.75, 3.05) is 17.7 Å². The Kier molecular flexibility index (Phi) is 4.12. The number of anilines is 2. The topological polar surface area (TPSA) is 71.2 Å². The van der Waals surface area contributed by atoms with Gasteiger partial charge in [0.05, 0.1) is 11.4 Å². The molecule has 0 aliphatic carbocycles. The summed E-state index contributed by atoms with van der Waals surface area (Å²) in [5, 5.41) is 12.4. The number of nitrogens with two attached hydrogens (primary N) is 1. The van der Waals surface area contributed by atoms with Crippen LogP contribution in [-0.4, -0.2) is 22.2 Å². The highest BCUT2D eigenvalue weighted by molar-refractivity contribution is 5.49. The predicted molar refractivity (Wildman–Crippen MR) is 67.4 cm³/mol. The Balaban J connectivity index is 2.81. The molecule has 0 bridgehead atoms. The molecule has 4 nitrogen and oxygen atoms in total. The number of nitrogens with zero attached hydrogens (tertiary/aromatic N) is 1. The third kappa shape index (κ3) is 3.10. The van der Waals surface area contributed by atoms with E-state index in [1.54, 1.807) is 0 Å². The lowest BCUT2D eigenvalue weighted by Crippen LogP contribution is -2.35. The largest absolute Gasteiger partial charge is 0.397 e. The van der Waals surface area contributed by atoms with Crippen LogP contribution >= 0.6 is 0 Å². The number of nitrogen functional groups attached to an aromatic ring is 1. The van der Waals surface area contributed by atoms with Gasteiger partial charge in [0.25, 0.3) is 0 Å². The van der Waals surface area contributed by atoms with Gasteiger partial charge in [0, 0.05) is 12.1 Å². The molecule has 0 spiro atoms. The van der Waals surface area contributed by atoms with Crippen LogP contribution in [0.1, 0.15) is 32.4 Å². The third-order valence-corrected chi connectivity index (χ3v) is 3.00. The minimum Gasteiger partial charge on any atom is -0.397 e. The second-order valence-electron chi connectivity index (χ2n) is 4.38. The summed E-state index contributed by atoms with van der Waals surface area (Å²) >= 11 is 0. The van der Waals surface area contributed by atoms with E-state index in [0.717, 1.165) is 17.9 Å². The number of aliphatic hydroxyl groups excluding tert-OH is 1. The molecule has 16 heavy (non-hydrogen) atoms. The summed E-state index contributed by atoms with van der Waals surface area (Å²) in [6.07, 6.45) is 1.63. The Bertz CT molecular complexity index is 354. The smallest absolute Gasteiger partial charge is 0.126 e. The molecule has 0 saturated carbocycles. The molecule has 1 rings (SSSR count). The molecule has 4 heteroatoms. The normalized spacial score (nSPS) is 14.5. The average Bonchev–Trinajstić information content (AvgIpc) is 2.24. The van der Waals surface area contributed by atoms with Crippen LogP contribution in [-0.2, 0) is 0 Å². The van der Waals surface area contributed by atoms with Crippen LogP contribution in [0, 0.1) is 6.92 Å². The number of aliphatic hydroxyl groups is 1. The van der Waals surface area contributed by atoms with Gasteiger partial charge in [-0.2, -0.15) is 0 Å². The number of pyridine rings is 1. The summed E-state index contributed by atoms with van der Waals surface area (Å²) < 4.78 is 0. The quantitative estimate of drug-likeness (QED) is 0.713. The molecule has 0 aliphatic heterocycles. The Morgan fingerprint density at radius 3 is 2.69 bits per heavy atom. The van der Waals surface area contributed by atoms with E-state index in [4.69, 9.17) is 10.8 Å². The molecule has 1 heterocycles. The minimum atomic E-state index is -0.121. The summed E-state index contributed by atoms with van der Waals surface area (Å²) in [5.41, 5.74) is 7.12. The number of hydrogen-bond acceptors (Lipinski definition) is 4. The number of rotatable bonds is 5. The maximum absolute atomic E-state index is 9.03. The highest BCUT2D eigenvalue weighted by Crippen LogP contribution is 2.21. The summed E-state index contributed by atoms with van der Waals surface area (Å²) in [6.45, 7) is 6.23. The van der Waals surface area contributed by atoms with Crippen LogP contribution in [0.5, 0.6) is 0 Å². The van der Waals surface area contributed by atoms with Gasteiger partial charge in [-0.25, -0.2) is 4.98 Å². The van der Waals surface area contributed by atoms with Gasteiger partial charge in [-0.1, -0.05) is 6.92 Å². The number of hydrogen-bond donors (Lipinski definition) is 3. The molecule has 4 N–H and O–H groups in total.